The number of anilines is 1. The van der Waals surface area contributed by atoms with E-state index in [1.807, 2.05) is 35.2 Å². The molecule has 1 atom stereocenters. The smallest absolute Gasteiger partial charge is 0.319 e. The first-order valence-corrected chi connectivity index (χ1v) is 6.64. The molecule has 2 N–H and O–H groups in total. The Morgan fingerprint density at radius 2 is 1.95 bits per heavy atom. The predicted octanol–water partition coefficient (Wildman–Crippen LogP) is 1.57. The van der Waals surface area contributed by atoms with Crippen LogP contribution >= 0.6 is 0 Å². The lowest BCUT2D eigenvalue weighted by atomic mass is 10.2. The number of carbonyl (C=O) groups excluding carboxylic acids is 2. The highest BCUT2D eigenvalue weighted by atomic mass is 16.2. The van der Waals surface area contributed by atoms with Gasteiger partial charge in [-0.25, -0.2) is 4.79 Å². The SMILES string of the molecule is O=C(Nc1ccccc1)NC1CC(=O)N(C2CC2)C1. The van der Waals surface area contributed by atoms with Crippen molar-refractivity contribution in [1.82, 2.24) is 10.2 Å². The number of para-hydroxylation sites is 1. The molecule has 1 aromatic rings. The van der Waals surface area contributed by atoms with E-state index in [4.69, 9.17) is 0 Å². The van der Waals surface area contributed by atoms with Crippen molar-refractivity contribution in [3.8, 4) is 0 Å². The largest absolute Gasteiger partial charge is 0.338 e. The number of hydrogen-bond acceptors (Lipinski definition) is 2. The molecule has 19 heavy (non-hydrogen) atoms. The van der Waals surface area contributed by atoms with Crippen molar-refractivity contribution in [1.29, 1.82) is 0 Å². The predicted molar refractivity (Wildman–Crippen MR) is 71.7 cm³/mol. The first-order valence-electron chi connectivity index (χ1n) is 6.64. The number of nitrogens with one attached hydrogen (secondary N) is 2. The summed E-state index contributed by atoms with van der Waals surface area (Å²) < 4.78 is 0. The van der Waals surface area contributed by atoms with Crippen molar-refractivity contribution in [3.05, 3.63) is 30.3 Å². The summed E-state index contributed by atoms with van der Waals surface area (Å²) in [6.45, 7) is 0.645. The van der Waals surface area contributed by atoms with Crippen LogP contribution in [-0.4, -0.2) is 35.5 Å². The maximum absolute atomic E-state index is 11.8. The Balaban J connectivity index is 1.51. The lowest BCUT2D eigenvalue weighted by Crippen LogP contribution is -2.40. The molecule has 0 bridgehead atoms. The van der Waals surface area contributed by atoms with Gasteiger partial charge in [-0.1, -0.05) is 18.2 Å². The standard InChI is InChI=1S/C14H17N3O2/c18-13-8-11(9-17(13)12-6-7-12)16-14(19)15-10-4-2-1-3-5-10/h1-5,11-12H,6-9H2,(H2,15,16,19). The highest BCUT2D eigenvalue weighted by molar-refractivity contribution is 5.90. The Morgan fingerprint density at radius 3 is 2.63 bits per heavy atom. The number of carbonyl (C=O) groups is 2. The number of urea groups is 1. The van der Waals surface area contributed by atoms with Crippen molar-refractivity contribution in [2.45, 2.75) is 31.3 Å². The van der Waals surface area contributed by atoms with Gasteiger partial charge >= 0.3 is 6.03 Å². The van der Waals surface area contributed by atoms with Crippen LogP contribution in [0.2, 0.25) is 0 Å². The van der Waals surface area contributed by atoms with E-state index in [-0.39, 0.29) is 18.0 Å². The van der Waals surface area contributed by atoms with E-state index < -0.39 is 0 Å². The van der Waals surface area contributed by atoms with Crippen molar-refractivity contribution < 1.29 is 9.59 Å². The topological polar surface area (TPSA) is 61.4 Å². The number of benzene rings is 1. The summed E-state index contributed by atoms with van der Waals surface area (Å²) in [5.41, 5.74) is 0.753. The molecule has 100 valence electrons. The summed E-state index contributed by atoms with van der Waals surface area (Å²) in [6.07, 6.45) is 2.63. The molecule has 1 saturated heterocycles. The second-order valence-electron chi connectivity index (χ2n) is 5.14. The summed E-state index contributed by atoms with van der Waals surface area (Å²) in [5, 5.41) is 5.62. The van der Waals surface area contributed by atoms with Gasteiger partial charge in [-0.3, -0.25) is 4.79 Å². The Labute approximate surface area is 112 Å². The maximum atomic E-state index is 11.8. The van der Waals surface area contributed by atoms with Crippen LogP contribution in [0.5, 0.6) is 0 Å². The number of hydrogen-bond donors (Lipinski definition) is 2. The summed E-state index contributed by atoms with van der Waals surface area (Å²) in [6, 6.07) is 9.39. The van der Waals surface area contributed by atoms with E-state index in [0.717, 1.165) is 18.5 Å². The van der Waals surface area contributed by atoms with Crippen LogP contribution in [0.1, 0.15) is 19.3 Å². The number of nitrogens with zero attached hydrogens (tertiary/aromatic N) is 1. The molecule has 1 aliphatic carbocycles. The van der Waals surface area contributed by atoms with Gasteiger partial charge in [0.25, 0.3) is 0 Å². The molecule has 2 aliphatic rings. The number of likely N-dealkylation sites (tertiary alicyclic amines) is 1. The molecule has 1 heterocycles. The van der Waals surface area contributed by atoms with Gasteiger partial charge in [0.05, 0.1) is 6.04 Å². The molecule has 0 aromatic heterocycles. The van der Waals surface area contributed by atoms with E-state index >= 15 is 0 Å². The van der Waals surface area contributed by atoms with E-state index in [9.17, 15) is 9.59 Å². The first kappa shape index (κ1) is 12.0. The van der Waals surface area contributed by atoms with Crippen molar-refractivity contribution in [2.75, 3.05) is 11.9 Å². The van der Waals surface area contributed by atoms with Crippen LogP contribution < -0.4 is 10.6 Å². The molecule has 1 aliphatic heterocycles. The fourth-order valence-electron chi connectivity index (χ4n) is 2.44. The zero-order valence-corrected chi connectivity index (χ0v) is 10.6. The molecule has 1 aromatic carbocycles. The first-order chi connectivity index (χ1) is 9.22. The quantitative estimate of drug-likeness (QED) is 0.865. The fourth-order valence-corrected chi connectivity index (χ4v) is 2.44. The molecule has 5 heteroatoms. The second kappa shape index (κ2) is 4.91. The average Bonchev–Trinajstić information content (AvgIpc) is 3.15. The van der Waals surface area contributed by atoms with Crippen LogP contribution in [0.3, 0.4) is 0 Å². The van der Waals surface area contributed by atoms with Gasteiger partial charge in [-0.15, -0.1) is 0 Å². The second-order valence-corrected chi connectivity index (χ2v) is 5.14. The summed E-state index contributed by atoms with van der Waals surface area (Å²) in [5.74, 6) is 0.160. The molecule has 3 rings (SSSR count). The molecular weight excluding hydrogens is 242 g/mol. The molecule has 1 unspecified atom stereocenters. The Kier molecular flexibility index (Phi) is 3.11. The molecule has 0 spiro atoms. The third kappa shape index (κ3) is 2.86. The van der Waals surface area contributed by atoms with Gasteiger partial charge in [0.1, 0.15) is 0 Å². The number of amides is 3. The van der Waals surface area contributed by atoms with E-state index in [1.165, 1.54) is 0 Å². The molecular formula is C14H17N3O2. The highest BCUT2D eigenvalue weighted by Gasteiger charge is 2.39. The third-order valence-corrected chi connectivity index (χ3v) is 3.51. The van der Waals surface area contributed by atoms with Crippen molar-refractivity contribution in [3.63, 3.8) is 0 Å². The lowest BCUT2D eigenvalue weighted by Gasteiger charge is -2.16. The van der Waals surface area contributed by atoms with Gasteiger partial charge in [0.15, 0.2) is 0 Å². The van der Waals surface area contributed by atoms with Crippen LogP contribution in [0.15, 0.2) is 30.3 Å². The van der Waals surface area contributed by atoms with Crippen molar-refractivity contribution in [2.24, 2.45) is 0 Å². The van der Waals surface area contributed by atoms with E-state index in [0.29, 0.717) is 19.0 Å². The minimum absolute atomic E-state index is 0.0724. The lowest BCUT2D eigenvalue weighted by molar-refractivity contribution is -0.128. The zero-order valence-electron chi connectivity index (χ0n) is 10.6. The molecule has 3 amide bonds. The van der Waals surface area contributed by atoms with Gasteiger partial charge in [-0.05, 0) is 25.0 Å². The third-order valence-electron chi connectivity index (χ3n) is 3.51. The molecule has 1 saturated carbocycles. The van der Waals surface area contributed by atoms with Crippen LogP contribution in [0.25, 0.3) is 0 Å². The normalized spacial score (nSPS) is 22.4. The highest BCUT2D eigenvalue weighted by Crippen LogP contribution is 2.30. The fraction of sp³-hybridized carbons (Fsp3) is 0.429. The summed E-state index contributed by atoms with van der Waals surface area (Å²) in [4.78, 5) is 25.5. The summed E-state index contributed by atoms with van der Waals surface area (Å²) >= 11 is 0. The Bertz CT molecular complexity index is 485. The van der Waals surface area contributed by atoms with Crippen LogP contribution in [-0.2, 0) is 4.79 Å². The van der Waals surface area contributed by atoms with Gasteiger partial charge in [0, 0.05) is 24.7 Å². The minimum Gasteiger partial charge on any atom is -0.338 e. The van der Waals surface area contributed by atoms with Crippen LogP contribution in [0.4, 0.5) is 10.5 Å². The Morgan fingerprint density at radius 1 is 1.21 bits per heavy atom. The maximum Gasteiger partial charge on any atom is 0.319 e. The van der Waals surface area contributed by atoms with Gasteiger partial charge in [0.2, 0.25) is 5.91 Å². The molecule has 2 fully saturated rings. The van der Waals surface area contributed by atoms with Gasteiger partial charge in [-0.2, -0.15) is 0 Å². The molecule has 0 radical (unpaired) electrons. The zero-order chi connectivity index (χ0) is 13.2. The molecule has 5 nitrogen and oxygen atoms in total. The monoisotopic (exact) mass is 259 g/mol. The summed E-state index contributed by atoms with van der Waals surface area (Å²) in [7, 11) is 0. The van der Waals surface area contributed by atoms with E-state index in [1.54, 1.807) is 0 Å². The number of rotatable bonds is 3. The van der Waals surface area contributed by atoms with E-state index in [2.05, 4.69) is 10.6 Å². The average molecular weight is 259 g/mol. The van der Waals surface area contributed by atoms with Crippen LogP contribution in [0, 0.1) is 0 Å². The van der Waals surface area contributed by atoms with Crippen molar-refractivity contribution >= 4 is 17.6 Å². The van der Waals surface area contributed by atoms with Gasteiger partial charge < -0.3 is 15.5 Å². The Hall–Kier alpha value is -2.04. The minimum atomic E-state index is -0.248.